The van der Waals surface area contributed by atoms with E-state index in [9.17, 15) is 14.4 Å². The third-order valence-corrected chi connectivity index (χ3v) is 3.84. The third-order valence-electron chi connectivity index (χ3n) is 3.84. The minimum atomic E-state index is -0.643. The van der Waals surface area contributed by atoms with Crippen LogP contribution in [-0.2, 0) is 9.53 Å². The number of benzene rings is 1. The summed E-state index contributed by atoms with van der Waals surface area (Å²) in [5.41, 5.74) is 0.843. The van der Waals surface area contributed by atoms with E-state index in [-0.39, 0.29) is 31.0 Å². The van der Waals surface area contributed by atoms with E-state index in [0.29, 0.717) is 24.1 Å². The molecule has 0 bridgehead atoms. The van der Waals surface area contributed by atoms with Gasteiger partial charge in [0.1, 0.15) is 0 Å². The van der Waals surface area contributed by atoms with E-state index < -0.39 is 6.09 Å². The van der Waals surface area contributed by atoms with Crippen LogP contribution in [0.1, 0.15) is 22.3 Å². The lowest BCUT2D eigenvalue weighted by atomic mass is 10.1. The number of nitriles is 1. The highest BCUT2D eigenvalue weighted by Crippen LogP contribution is 2.21. The van der Waals surface area contributed by atoms with E-state index in [1.165, 1.54) is 6.07 Å². The Bertz CT molecular complexity index is 678. The van der Waals surface area contributed by atoms with Crippen LogP contribution in [0, 0.1) is 11.3 Å². The maximum atomic E-state index is 12.4. The predicted octanol–water partition coefficient (Wildman–Crippen LogP) is 0.752. The molecule has 0 unspecified atom stereocenters. The minimum absolute atomic E-state index is 0.209. The molecule has 7 nitrogen and oxygen atoms in total. The minimum Gasteiger partial charge on any atom is -0.439 e. The van der Waals surface area contributed by atoms with Gasteiger partial charge in [0.2, 0.25) is 0 Å². The van der Waals surface area contributed by atoms with Crippen molar-refractivity contribution >= 4 is 17.9 Å². The second kappa shape index (κ2) is 5.48. The fourth-order valence-electron chi connectivity index (χ4n) is 2.76. The molecule has 7 heteroatoms. The fourth-order valence-corrected chi connectivity index (χ4v) is 2.76. The molecule has 1 atom stereocenters. The number of nitrogens with zero attached hydrogens (tertiary/aromatic N) is 3. The van der Waals surface area contributed by atoms with Crippen LogP contribution in [0.4, 0.5) is 4.79 Å². The van der Waals surface area contributed by atoms with E-state index in [0.717, 1.165) is 4.90 Å². The number of ether oxygens (including phenoxy) is 1. The molecule has 2 saturated heterocycles. The Morgan fingerprint density at radius 2 is 2.18 bits per heavy atom. The quantitative estimate of drug-likeness (QED) is 0.803. The Kier molecular flexibility index (Phi) is 3.51. The zero-order valence-corrected chi connectivity index (χ0v) is 11.7. The van der Waals surface area contributed by atoms with E-state index in [1.807, 2.05) is 6.07 Å². The van der Waals surface area contributed by atoms with E-state index in [4.69, 9.17) is 10.00 Å². The Labute approximate surface area is 126 Å². The van der Waals surface area contributed by atoms with Crippen molar-refractivity contribution in [2.24, 2.45) is 0 Å². The SMILES string of the molecule is N#Cc1cccc(C(=O)N2CC[C@H](N3C(=O)COC3=O)C2)c1. The van der Waals surface area contributed by atoms with E-state index in [1.54, 1.807) is 23.1 Å². The molecule has 2 fully saturated rings. The van der Waals surface area contributed by atoms with Gasteiger partial charge in [-0.25, -0.2) is 9.69 Å². The van der Waals surface area contributed by atoms with Crippen LogP contribution in [0.25, 0.3) is 0 Å². The molecule has 0 spiro atoms. The van der Waals surface area contributed by atoms with E-state index in [2.05, 4.69) is 0 Å². The molecule has 3 rings (SSSR count). The topological polar surface area (TPSA) is 90.7 Å². The second-order valence-electron chi connectivity index (χ2n) is 5.20. The van der Waals surface area contributed by atoms with Gasteiger partial charge in [-0.3, -0.25) is 9.59 Å². The average Bonchev–Trinajstić information content (AvgIpc) is 3.13. The van der Waals surface area contributed by atoms with Crippen molar-refractivity contribution in [1.82, 2.24) is 9.80 Å². The van der Waals surface area contributed by atoms with Gasteiger partial charge in [0.25, 0.3) is 11.8 Å². The Morgan fingerprint density at radius 1 is 1.36 bits per heavy atom. The van der Waals surface area contributed by atoms with Crippen LogP contribution >= 0.6 is 0 Å². The van der Waals surface area contributed by atoms with Gasteiger partial charge < -0.3 is 9.64 Å². The highest BCUT2D eigenvalue weighted by molar-refractivity contribution is 5.98. The molecule has 0 N–H and O–H groups in total. The summed E-state index contributed by atoms with van der Waals surface area (Å²) < 4.78 is 4.70. The van der Waals surface area contributed by atoms with Crippen LogP contribution in [0.3, 0.4) is 0 Å². The largest absolute Gasteiger partial charge is 0.439 e. The zero-order chi connectivity index (χ0) is 15.7. The molecule has 0 aromatic heterocycles. The van der Waals surface area contributed by atoms with Gasteiger partial charge >= 0.3 is 6.09 Å². The molecule has 2 aliphatic heterocycles. The molecule has 3 amide bonds. The van der Waals surface area contributed by atoms with Gasteiger partial charge in [-0.15, -0.1) is 0 Å². The molecule has 0 radical (unpaired) electrons. The number of amides is 3. The van der Waals surface area contributed by atoms with Crippen molar-refractivity contribution in [2.45, 2.75) is 12.5 Å². The van der Waals surface area contributed by atoms with Crippen molar-refractivity contribution in [2.75, 3.05) is 19.7 Å². The van der Waals surface area contributed by atoms with Crippen LogP contribution in [0.5, 0.6) is 0 Å². The van der Waals surface area contributed by atoms with Gasteiger partial charge in [-0.1, -0.05) is 6.07 Å². The first-order chi connectivity index (χ1) is 10.6. The summed E-state index contributed by atoms with van der Waals surface area (Å²) in [5, 5.41) is 8.88. The normalized spacial score (nSPS) is 21.0. The van der Waals surface area contributed by atoms with Crippen molar-refractivity contribution < 1.29 is 19.1 Å². The lowest BCUT2D eigenvalue weighted by Crippen LogP contribution is -2.42. The van der Waals surface area contributed by atoms with Crippen LogP contribution < -0.4 is 0 Å². The molecule has 0 aliphatic carbocycles. The van der Waals surface area contributed by atoms with Crippen molar-refractivity contribution in [3.8, 4) is 6.07 Å². The highest BCUT2D eigenvalue weighted by Gasteiger charge is 2.41. The molecule has 1 aromatic carbocycles. The van der Waals surface area contributed by atoms with Gasteiger partial charge in [-0.05, 0) is 24.6 Å². The second-order valence-corrected chi connectivity index (χ2v) is 5.20. The molecule has 0 saturated carbocycles. The molecular weight excluding hydrogens is 286 g/mol. The first-order valence-corrected chi connectivity index (χ1v) is 6.88. The summed E-state index contributed by atoms with van der Waals surface area (Å²) >= 11 is 0. The summed E-state index contributed by atoms with van der Waals surface area (Å²) in [5.74, 6) is -0.574. The van der Waals surface area contributed by atoms with Crippen LogP contribution in [0.2, 0.25) is 0 Å². The van der Waals surface area contributed by atoms with Crippen molar-refractivity contribution in [3.63, 3.8) is 0 Å². The summed E-state index contributed by atoms with van der Waals surface area (Å²) in [6.45, 7) is 0.515. The molecule has 1 aromatic rings. The molecule has 2 heterocycles. The maximum Gasteiger partial charge on any atom is 0.417 e. The number of imide groups is 1. The Hall–Kier alpha value is -2.88. The summed E-state index contributed by atoms with van der Waals surface area (Å²) in [6, 6.07) is 8.11. The number of carbonyl (C=O) groups excluding carboxylic acids is 3. The molecular formula is C15H13N3O4. The Morgan fingerprint density at radius 3 is 2.86 bits per heavy atom. The van der Waals surface area contributed by atoms with Crippen LogP contribution in [0.15, 0.2) is 24.3 Å². The number of likely N-dealkylation sites (tertiary alicyclic amines) is 1. The lowest BCUT2D eigenvalue weighted by molar-refractivity contribution is -0.127. The van der Waals surface area contributed by atoms with E-state index >= 15 is 0 Å². The van der Waals surface area contributed by atoms with Gasteiger partial charge in [0.15, 0.2) is 6.61 Å². The molecule has 22 heavy (non-hydrogen) atoms. The number of rotatable bonds is 2. The fraction of sp³-hybridized carbons (Fsp3) is 0.333. The number of cyclic esters (lactones) is 1. The zero-order valence-electron chi connectivity index (χ0n) is 11.7. The van der Waals surface area contributed by atoms with Gasteiger partial charge in [0, 0.05) is 18.7 Å². The monoisotopic (exact) mass is 299 g/mol. The van der Waals surface area contributed by atoms with Crippen molar-refractivity contribution in [1.29, 1.82) is 5.26 Å². The third kappa shape index (κ3) is 2.39. The molecule has 112 valence electrons. The average molecular weight is 299 g/mol. The van der Waals surface area contributed by atoms with Crippen molar-refractivity contribution in [3.05, 3.63) is 35.4 Å². The van der Waals surface area contributed by atoms with Gasteiger partial charge in [0.05, 0.1) is 17.7 Å². The smallest absolute Gasteiger partial charge is 0.417 e. The van der Waals surface area contributed by atoms with Gasteiger partial charge in [-0.2, -0.15) is 5.26 Å². The standard InChI is InChI=1S/C15H13N3O4/c16-7-10-2-1-3-11(6-10)14(20)17-5-4-12(8-17)18-13(19)9-22-15(18)21/h1-3,6,12H,4-5,8-9H2/t12-/m0/s1. The first-order valence-electron chi connectivity index (χ1n) is 6.88. The lowest BCUT2D eigenvalue weighted by Gasteiger charge is -2.20. The summed E-state index contributed by atoms with van der Waals surface area (Å²) in [4.78, 5) is 38.3. The number of hydrogen-bond acceptors (Lipinski definition) is 5. The molecule has 2 aliphatic rings. The number of carbonyl (C=O) groups is 3. The predicted molar refractivity (Wildman–Crippen MR) is 73.7 cm³/mol. The first kappa shape index (κ1) is 14.1. The number of hydrogen-bond donors (Lipinski definition) is 0. The highest BCUT2D eigenvalue weighted by atomic mass is 16.6. The van der Waals surface area contributed by atoms with Crippen LogP contribution in [-0.4, -0.2) is 53.4 Å². The maximum absolute atomic E-state index is 12.4. The summed E-state index contributed by atoms with van der Waals surface area (Å²) in [7, 11) is 0. The summed E-state index contributed by atoms with van der Waals surface area (Å²) in [6.07, 6.45) is -0.111. The Balaban J connectivity index is 1.72.